The van der Waals surface area contributed by atoms with Crippen LogP contribution in [-0.4, -0.2) is 29.9 Å². The van der Waals surface area contributed by atoms with Crippen LogP contribution in [0.2, 0.25) is 0 Å². The van der Waals surface area contributed by atoms with E-state index in [4.69, 9.17) is 4.74 Å². The molecule has 0 radical (unpaired) electrons. The molecule has 1 fully saturated rings. The van der Waals surface area contributed by atoms with Crippen LogP contribution in [0.15, 0.2) is 18.2 Å². The summed E-state index contributed by atoms with van der Waals surface area (Å²) in [5.41, 5.74) is 0.760. The maximum absolute atomic E-state index is 13.3. The standard InChI is InChI=1S/C18H21FN2O4/c1-10(17(23)20-12-4-2-3-5-12)25-18(24)14-9-16(22)21-15-8-11(19)6-7-13(14)15/h6-8,10,12,14H,2-5,9H2,1H3,(H,20,23)(H,21,22)/t10-,14-/m0/s1. The maximum Gasteiger partial charge on any atom is 0.314 e. The minimum atomic E-state index is -0.943. The molecule has 0 aromatic heterocycles. The lowest BCUT2D eigenvalue weighted by Crippen LogP contribution is -2.41. The molecule has 1 aromatic rings. The fraction of sp³-hybridized carbons (Fsp3) is 0.500. The molecular weight excluding hydrogens is 327 g/mol. The number of carbonyl (C=O) groups excluding carboxylic acids is 3. The molecule has 1 saturated carbocycles. The van der Waals surface area contributed by atoms with E-state index in [1.807, 2.05) is 0 Å². The Morgan fingerprint density at radius 3 is 2.76 bits per heavy atom. The van der Waals surface area contributed by atoms with Crippen LogP contribution in [0.3, 0.4) is 0 Å². The molecule has 25 heavy (non-hydrogen) atoms. The Balaban J connectivity index is 1.66. The third kappa shape index (κ3) is 3.97. The largest absolute Gasteiger partial charge is 0.452 e. The molecule has 2 amide bonds. The minimum absolute atomic E-state index is 0.0889. The Bertz CT molecular complexity index is 700. The number of fused-ring (bicyclic) bond motifs is 1. The number of nitrogens with one attached hydrogen (secondary N) is 2. The van der Waals surface area contributed by atoms with Gasteiger partial charge < -0.3 is 15.4 Å². The van der Waals surface area contributed by atoms with Gasteiger partial charge in [0.25, 0.3) is 5.91 Å². The second kappa shape index (κ2) is 7.21. The molecule has 3 rings (SSSR count). The van der Waals surface area contributed by atoms with Crippen molar-refractivity contribution in [2.75, 3.05) is 5.32 Å². The van der Waals surface area contributed by atoms with Crippen LogP contribution in [0.1, 0.15) is 50.5 Å². The van der Waals surface area contributed by atoms with Crippen LogP contribution in [0.25, 0.3) is 0 Å². The van der Waals surface area contributed by atoms with Crippen molar-refractivity contribution in [1.29, 1.82) is 0 Å². The van der Waals surface area contributed by atoms with Crippen LogP contribution < -0.4 is 10.6 Å². The van der Waals surface area contributed by atoms with E-state index in [9.17, 15) is 18.8 Å². The van der Waals surface area contributed by atoms with Gasteiger partial charge in [0.15, 0.2) is 6.10 Å². The maximum atomic E-state index is 13.3. The number of carbonyl (C=O) groups is 3. The zero-order chi connectivity index (χ0) is 18.0. The Hall–Kier alpha value is -2.44. The van der Waals surface area contributed by atoms with Crippen molar-refractivity contribution in [1.82, 2.24) is 5.32 Å². The van der Waals surface area contributed by atoms with Crippen molar-refractivity contribution >= 4 is 23.5 Å². The third-order valence-electron chi connectivity index (χ3n) is 4.70. The van der Waals surface area contributed by atoms with Crippen molar-refractivity contribution in [3.63, 3.8) is 0 Å². The lowest BCUT2D eigenvalue weighted by atomic mass is 9.90. The van der Waals surface area contributed by atoms with E-state index in [1.165, 1.54) is 25.1 Å². The average molecular weight is 348 g/mol. The fourth-order valence-electron chi connectivity index (χ4n) is 3.35. The number of ether oxygens (including phenoxy) is 1. The number of esters is 1. The van der Waals surface area contributed by atoms with Gasteiger partial charge in [-0.2, -0.15) is 0 Å². The van der Waals surface area contributed by atoms with E-state index in [1.54, 1.807) is 0 Å². The minimum Gasteiger partial charge on any atom is -0.452 e. The molecule has 1 aliphatic heterocycles. The summed E-state index contributed by atoms with van der Waals surface area (Å²) in [6.07, 6.45) is 3.02. The molecule has 6 nitrogen and oxygen atoms in total. The van der Waals surface area contributed by atoms with Gasteiger partial charge in [-0.05, 0) is 37.5 Å². The van der Waals surface area contributed by atoms with Gasteiger partial charge in [0.05, 0.1) is 5.92 Å². The fourth-order valence-corrected chi connectivity index (χ4v) is 3.35. The first-order chi connectivity index (χ1) is 11.9. The highest BCUT2D eigenvalue weighted by atomic mass is 19.1. The number of hydrogen-bond donors (Lipinski definition) is 2. The van der Waals surface area contributed by atoms with Gasteiger partial charge in [0.1, 0.15) is 5.82 Å². The van der Waals surface area contributed by atoms with Crippen LogP contribution in [0, 0.1) is 5.82 Å². The second-order valence-corrected chi connectivity index (χ2v) is 6.61. The van der Waals surface area contributed by atoms with Crippen molar-refractivity contribution in [2.45, 2.75) is 57.1 Å². The van der Waals surface area contributed by atoms with Crippen LogP contribution in [0.5, 0.6) is 0 Å². The molecule has 7 heteroatoms. The zero-order valence-electron chi connectivity index (χ0n) is 14.0. The number of anilines is 1. The lowest BCUT2D eigenvalue weighted by molar-refractivity contribution is -0.157. The molecule has 1 heterocycles. The summed E-state index contributed by atoms with van der Waals surface area (Å²) >= 11 is 0. The molecule has 0 saturated heterocycles. The van der Waals surface area contributed by atoms with Crippen molar-refractivity contribution in [3.05, 3.63) is 29.6 Å². The topological polar surface area (TPSA) is 84.5 Å². The van der Waals surface area contributed by atoms with E-state index in [-0.39, 0.29) is 30.0 Å². The molecule has 2 aliphatic rings. The number of rotatable bonds is 4. The molecule has 2 atom stereocenters. The Morgan fingerprint density at radius 1 is 1.32 bits per heavy atom. The summed E-state index contributed by atoms with van der Waals surface area (Å²) in [6.45, 7) is 1.51. The average Bonchev–Trinajstić information content (AvgIpc) is 3.06. The predicted octanol–water partition coefficient (Wildman–Crippen LogP) is 2.24. The normalized spacial score (nSPS) is 21.2. The molecule has 1 aliphatic carbocycles. The Kier molecular flexibility index (Phi) is 5.01. The Labute approximate surface area is 145 Å². The number of hydrogen-bond acceptors (Lipinski definition) is 4. The number of amides is 2. The number of benzene rings is 1. The van der Waals surface area contributed by atoms with E-state index in [2.05, 4.69) is 10.6 Å². The van der Waals surface area contributed by atoms with Crippen LogP contribution in [0.4, 0.5) is 10.1 Å². The van der Waals surface area contributed by atoms with Gasteiger partial charge in [-0.15, -0.1) is 0 Å². The highest BCUT2D eigenvalue weighted by Crippen LogP contribution is 2.33. The summed E-state index contributed by atoms with van der Waals surface area (Å²) in [6, 6.07) is 3.99. The quantitative estimate of drug-likeness (QED) is 0.818. The molecule has 134 valence electrons. The summed E-state index contributed by atoms with van der Waals surface area (Å²) in [5, 5.41) is 5.42. The first kappa shape index (κ1) is 17.4. The van der Waals surface area contributed by atoms with Crippen LogP contribution >= 0.6 is 0 Å². The molecule has 2 N–H and O–H groups in total. The van der Waals surface area contributed by atoms with Gasteiger partial charge in [-0.1, -0.05) is 18.9 Å². The predicted molar refractivity (Wildman–Crippen MR) is 88.3 cm³/mol. The van der Waals surface area contributed by atoms with Gasteiger partial charge in [-0.25, -0.2) is 4.39 Å². The monoisotopic (exact) mass is 348 g/mol. The molecule has 0 unspecified atom stereocenters. The SMILES string of the molecule is C[C@H](OC(=O)[C@H]1CC(=O)Nc2cc(F)ccc21)C(=O)NC1CCCC1. The Morgan fingerprint density at radius 2 is 2.04 bits per heavy atom. The van der Waals surface area contributed by atoms with Crippen molar-refractivity contribution in [3.8, 4) is 0 Å². The molecule has 0 spiro atoms. The third-order valence-corrected chi connectivity index (χ3v) is 4.70. The molecule has 0 bridgehead atoms. The zero-order valence-corrected chi connectivity index (χ0v) is 14.0. The lowest BCUT2D eigenvalue weighted by Gasteiger charge is -2.25. The highest BCUT2D eigenvalue weighted by molar-refractivity contribution is 6.00. The van der Waals surface area contributed by atoms with E-state index in [0.29, 0.717) is 5.56 Å². The van der Waals surface area contributed by atoms with Gasteiger partial charge >= 0.3 is 5.97 Å². The highest BCUT2D eigenvalue weighted by Gasteiger charge is 2.34. The van der Waals surface area contributed by atoms with Gasteiger partial charge in [0, 0.05) is 18.2 Å². The van der Waals surface area contributed by atoms with Crippen molar-refractivity contribution < 1.29 is 23.5 Å². The first-order valence-electron chi connectivity index (χ1n) is 8.54. The summed E-state index contributed by atoms with van der Waals surface area (Å²) in [5.74, 6) is -2.72. The van der Waals surface area contributed by atoms with Gasteiger partial charge in [0.2, 0.25) is 5.91 Å². The van der Waals surface area contributed by atoms with E-state index in [0.717, 1.165) is 25.7 Å². The molecular formula is C18H21FN2O4. The molecule has 1 aromatic carbocycles. The summed E-state index contributed by atoms with van der Waals surface area (Å²) in [4.78, 5) is 36.4. The summed E-state index contributed by atoms with van der Waals surface area (Å²) < 4.78 is 18.6. The second-order valence-electron chi connectivity index (χ2n) is 6.61. The first-order valence-corrected chi connectivity index (χ1v) is 8.54. The van der Waals surface area contributed by atoms with E-state index >= 15 is 0 Å². The smallest absolute Gasteiger partial charge is 0.314 e. The van der Waals surface area contributed by atoms with Crippen molar-refractivity contribution in [2.24, 2.45) is 0 Å². The van der Waals surface area contributed by atoms with Crippen LogP contribution in [-0.2, 0) is 19.1 Å². The van der Waals surface area contributed by atoms with E-state index < -0.39 is 23.8 Å². The van der Waals surface area contributed by atoms with Gasteiger partial charge in [-0.3, -0.25) is 14.4 Å². The summed E-state index contributed by atoms with van der Waals surface area (Å²) in [7, 11) is 0. The number of halogens is 1.